The van der Waals surface area contributed by atoms with Crippen LogP contribution in [0.1, 0.15) is 41.9 Å². The molecule has 174 valence electrons. The average Bonchev–Trinajstić information content (AvgIpc) is 3.11. The van der Waals surface area contributed by atoms with E-state index in [1.54, 1.807) is 24.0 Å². The first kappa shape index (κ1) is 23.2. The van der Waals surface area contributed by atoms with Gasteiger partial charge in [-0.05, 0) is 49.6 Å². The van der Waals surface area contributed by atoms with Crippen LogP contribution in [0.15, 0.2) is 45.8 Å². The number of carbonyl (C=O) groups excluding carboxylic acids is 1. The summed E-state index contributed by atoms with van der Waals surface area (Å²) in [6, 6.07) is 8.19. The molecule has 4 rings (SSSR count). The molecule has 1 saturated heterocycles. The SMILES string of the molecule is Cc1ccc(-c2noc(C(=O)N3CCCCCC3)n2)cc1S(=O)(=O)Nc1ccc(F)c(Cl)c1. The molecule has 1 aromatic heterocycles. The second-order valence-corrected chi connectivity index (χ2v) is 9.90. The number of hydrogen-bond acceptors (Lipinski definition) is 6. The van der Waals surface area contributed by atoms with Gasteiger partial charge in [0.25, 0.3) is 10.0 Å². The zero-order chi connectivity index (χ0) is 23.6. The molecule has 1 fully saturated rings. The number of rotatable bonds is 5. The molecule has 0 bridgehead atoms. The van der Waals surface area contributed by atoms with Crippen LogP contribution in [-0.2, 0) is 10.0 Å². The van der Waals surface area contributed by atoms with Gasteiger partial charge in [-0.25, -0.2) is 12.8 Å². The fourth-order valence-corrected chi connectivity index (χ4v) is 5.14. The first-order valence-electron chi connectivity index (χ1n) is 10.5. The molecule has 1 amide bonds. The number of hydrogen-bond donors (Lipinski definition) is 1. The zero-order valence-electron chi connectivity index (χ0n) is 17.8. The van der Waals surface area contributed by atoms with E-state index in [1.165, 1.54) is 18.2 Å². The highest BCUT2D eigenvalue weighted by Crippen LogP contribution is 2.27. The number of benzene rings is 2. The van der Waals surface area contributed by atoms with Gasteiger partial charge in [0.05, 0.1) is 15.6 Å². The van der Waals surface area contributed by atoms with Crippen LogP contribution in [0.3, 0.4) is 0 Å². The predicted molar refractivity (Wildman–Crippen MR) is 121 cm³/mol. The van der Waals surface area contributed by atoms with E-state index in [0.29, 0.717) is 24.2 Å². The van der Waals surface area contributed by atoms with Crippen molar-refractivity contribution in [2.45, 2.75) is 37.5 Å². The first-order valence-corrected chi connectivity index (χ1v) is 12.3. The molecule has 0 unspecified atom stereocenters. The Morgan fingerprint density at radius 3 is 2.55 bits per heavy atom. The lowest BCUT2D eigenvalue weighted by Crippen LogP contribution is -2.32. The van der Waals surface area contributed by atoms with Gasteiger partial charge in [0.1, 0.15) is 5.82 Å². The summed E-state index contributed by atoms with van der Waals surface area (Å²) in [5, 5.41) is 3.68. The number of sulfonamides is 1. The lowest BCUT2D eigenvalue weighted by Gasteiger charge is -2.17. The van der Waals surface area contributed by atoms with E-state index < -0.39 is 15.8 Å². The van der Waals surface area contributed by atoms with Gasteiger partial charge in [0.2, 0.25) is 5.82 Å². The third kappa shape index (κ3) is 5.17. The minimum atomic E-state index is -4.03. The molecule has 1 aliphatic rings. The van der Waals surface area contributed by atoms with E-state index in [0.717, 1.165) is 31.7 Å². The number of carbonyl (C=O) groups is 1. The number of nitrogens with zero attached hydrogens (tertiary/aromatic N) is 3. The normalized spacial score (nSPS) is 14.7. The number of likely N-dealkylation sites (tertiary alicyclic amines) is 1. The highest BCUT2D eigenvalue weighted by molar-refractivity contribution is 7.92. The number of aryl methyl sites for hydroxylation is 1. The van der Waals surface area contributed by atoms with Gasteiger partial charge in [-0.3, -0.25) is 9.52 Å². The third-order valence-corrected chi connectivity index (χ3v) is 7.22. The van der Waals surface area contributed by atoms with Crippen LogP contribution in [-0.4, -0.2) is 42.5 Å². The molecule has 0 radical (unpaired) electrons. The zero-order valence-corrected chi connectivity index (χ0v) is 19.4. The first-order chi connectivity index (χ1) is 15.7. The maximum Gasteiger partial charge on any atom is 0.316 e. The van der Waals surface area contributed by atoms with Crippen LogP contribution >= 0.6 is 11.6 Å². The number of halogens is 2. The molecular weight excluding hydrogens is 471 g/mol. The second-order valence-electron chi connectivity index (χ2n) is 7.84. The van der Waals surface area contributed by atoms with E-state index in [4.69, 9.17) is 16.1 Å². The van der Waals surface area contributed by atoms with Crippen LogP contribution in [0.2, 0.25) is 5.02 Å². The van der Waals surface area contributed by atoms with Crippen molar-refractivity contribution in [3.05, 3.63) is 58.7 Å². The number of amides is 1. The summed E-state index contributed by atoms with van der Waals surface area (Å²) in [6.07, 6.45) is 4.02. The van der Waals surface area contributed by atoms with Crippen LogP contribution in [0.25, 0.3) is 11.4 Å². The van der Waals surface area contributed by atoms with Crippen LogP contribution in [0.4, 0.5) is 10.1 Å². The Balaban J connectivity index is 1.59. The Kier molecular flexibility index (Phi) is 6.66. The van der Waals surface area contributed by atoms with Crippen molar-refractivity contribution in [3.8, 4) is 11.4 Å². The summed E-state index contributed by atoms with van der Waals surface area (Å²) in [5.74, 6) is -1.00. The largest absolute Gasteiger partial charge is 0.334 e. The van der Waals surface area contributed by atoms with Crippen LogP contribution in [0.5, 0.6) is 0 Å². The molecule has 33 heavy (non-hydrogen) atoms. The molecule has 3 aromatic rings. The van der Waals surface area contributed by atoms with Crippen molar-refractivity contribution in [2.75, 3.05) is 17.8 Å². The molecule has 8 nitrogen and oxygen atoms in total. The van der Waals surface area contributed by atoms with E-state index in [-0.39, 0.29) is 33.2 Å². The molecule has 0 spiro atoms. The number of nitrogens with one attached hydrogen (secondary N) is 1. The van der Waals surface area contributed by atoms with Gasteiger partial charge in [-0.1, -0.05) is 41.7 Å². The lowest BCUT2D eigenvalue weighted by atomic mass is 10.1. The summed E-state index contributed by atoms with van der Waals surface area (Å²) < 4.78 is 46.9. The van der Waals surface area contributed by atoms with Crippen LogP contribution in [0, 0.1) is 12.7 Å². The highest BCUT2D eigenvalue weighted by Gasteiger charge is 2.25. The molecule has 0 saturated carbocycles. The van der Waals surface area contributed by atoms with Gasteiger partial charge in [-0.2, -0.15) is 4.98 Å². The predicted octanol–water partition coefficient (Wildman–Crippen LogP) is 4.65. The summed E-state index contributed by atoms with van der Waals surface area (Å²) in [7, 11) is -4.03. The Morgan fingerprint density at radius 1 is 1.12 bits per heavy atom. The summed E-state index contributed by atoms with van der Waals surface area (Å²) in [6.45, 7) is 2.92. The number of aromatic nitrogens is 2. The maximum absolute atomic E-state index is 13.4. The second kappa shape index (κ2) is 9.48. The maximum atomic E-state index is 13.4. The molecule has 2 heterocycles. The number of anilines is 1. The van der Waals surface area contributed by atoms with Crippen LogP contribution < -0.4 is 4.72 Å². The standard InChI is InChI=1S/C22H22ClFN4O4S/c1-14-6-7-15(12-19(14)33(30,31)27-16-8-9-18(24)17(23)13-16)20-25-21(32-26-20)22(29)28-10-4-2-3-5-11-28/h6-9,12-13,27H,2-5,10-11H2,1H3. The van der Waals surface area contributed by atoms with Crippen molar-refractivity contribution in [2.24, 2.45) is 0 Å². The van der Waals surface area contributed by atoms with Gasteiger partial charge in [-0.15, -0.1) is 0 Å². The molecule has 1 aliphatic heterocycles. The minimum Gasteiger partial charge on any atom is -0.334 e. The molecule has 0 atom stereocenters. The smallest absolute Gasteiger partial charge is 0.316 e. The van der Waals surface area contributed by atoms with Crippen molar-refractivity contribution < 1.29 is 22.1 Å². The lowest BCUT2D eigenvalue weighted by molar-refractivity contribution is 0.0711. The molecule has 1 N–H and O–H groups in total. The van der Waals surface area contributed by atoms with Crippen molar-refractivity contribution in [1.29, 1.82) is 0 Å². The summed E-state index contributed by atoms with van der Waals surface area (Å²) >= 11 is 5.75. The van der Waals surface area contributed by atoms with Crippen molar-refractivity contribution >= 4 is 33.2 Å². The molecule has 11 heteroatoms. The van der Waals surface area contributed by atoms with Gasteiger partial charge in [0.15, 0.2) is 0 Å². The molecule has 0 aliphatic carbocycles. The van der Waals surface area contributed by atoms with Gasteiger partial charge >= 0.3 is 11.8 Å². The Hall–Kier alpha value is -2.98. The monoisotopic (exact) mass is 492 g/mol. The average molecular weight is 493 g/mol. The van der Waals surface area contributed by atoms with E-state index >= 15 is 0 Å². The van der Waals surface area contributed by atoms with Gasteiger partial charge < -0.3 is 9.42 Å². The third-order valence-electron chi connectivity index (χ3n) is 5.41. The van der Waals surface area contributed by atoms with Crippen molar-refractivity contribution in [3.63, 3.8) is 0 Å². The fraction of sp³-hybridized carbons (Fsp3) is 0.318. The Morgan fingerprint density at radius 2 is 1.85 bits per heavy atom. The van der Waals surface area contributed by atoms with E-state index in [9.17, 15) is 17.6 Å². The molecular formula is C22H22ClFN4O4S. The Bertz CT molecular complexity index is 1290. The van der Waals surface area contributed by atoms with Crippen molar-refractivity contribution in [1.82, 2.24) is 15.0 Å². The quantitative estimate of drug-likeness (QED) is 0.555. The van der Waals surface area contributed by atoms with E-state index in [2.05, 4.69) is 14.9 Å². The topological polar surface area (TPSA) is 105 Å². The van der Waals surface area contributed by atoms with E-state index in [1.807, 2.05) is 0 Å². The minimum absolute atomic E-state index is 0.0226. The fourth-order valence-electron chi connectivity index (χ4n) is 3.64. The van der Waals surface area contributed by atoms with Gasteiger partial charge in [0, 0.05) is 18.7 Å². The summed E-state index contributed by atoms with van der Waals surface area (Å²) in [4.78, 5) is 18.6. The Labute approximate surface area is 195 Å². The molecule has 2 aromatic carbocycles. The summed E-state index contributed by atoms with van der Waals surface area (Å²) in [5.41, 5.74) is 0.969. The highest BCUT2D eigenvalue weighted by atomic mass is 35.5.